The quantitative estimate of drug-likeness (QED) is 0.151. The predicted octanol–water partition coefficient (Wildman–Crippen LogP) is 15.8. The maximum Gasteiger partial charge on any atom is 0.0540 e. The van der Waals surface area contributed by atoms with Gasteiger partial charge in [-0.05, 0) is 102 Å². The molecule has 57 heavy (non-hydrogen) atoms. The third-order valence-electron chi connectivity index (χ3n) is 11.1. The molecular weight excluding hydrogens is 687 g/mol. The summed E-state index contributed by atoms with van der Waals surface area (Å²) in [6.07, 6.45) is 0. The molecule has 1 heteroatoms. The van der Waals surface area contributed by atoms with E-state index in [9.17, 15) is 0 Å². The molecule has 0 unspecified atom stereocenters. The van der Waals surface area contributed by atoms with Crippen LogP contribution in [0, 0.1) is 0 Å². The van der Waals surface area contributed by atoms with Gasteiger partial charge < -0.3 is 4.90 Å². The average molecular weight is 726 g/mol. The van der Waals surface area contributed by atoms with Gasteiger partial charge in [-0.25, -0.2) is 0 Å². The van der Waals surface area contributed by atoms with E-state index in [4.69, 9.17) is 0 Å². The van der Waals surface area contributed by atoms with Gasteiger partial charge in [-0.2, -0.15) is 0 Å². The second kappa shape index (κ2) is 15.0. The molecule has 0 atom stereocenters. The first-order valence-corrected chi connectivity index (χ1v) is 19.6. The van der Waals surface area contributed by atoms with Gasteiger partial charge in [0.05, 0.1) is 5.69 Å². The molecule has 0 fully saturated rings. The van der Waals surface area contributed by atoms with Gasteiger partial charge in [-0.1, -0.05) is 206 Å². The van der Waals surface area contributed by atoms with Crippen molar-refractivity contribution in [2.24, 2.45) is 0 Å². The molecule has 0 spiro atoms. The van der Waals surface area contributed by atoms with Gasteiger partial charge in [0.1, 0.15) is 0 Å². The Kier molecular flexibility index (Phi) is 8.95. The van der Waals surface area contributed by atoms with Gasteiger partial charge in [0.25, 0.3) is 0 Å². The summed E-state index contributed by atoms with van der Waals surface area (Å²) in [5, 5.41) is 4.98. The van der Waals surface area contributed by atoms with Crippen LogP contribution in [-0.4, -0.2) is 0 Å². The van der Waals surface area contributed by atoms with Crippen LogP contribution in [0.1, 0.15) is 0 Å². The summed E-state index contributed by atoms with van der Waals surface area (Å²) in [4.78, 5) is 2.42. The van der Waals surface area contributed by atoms with Crippen LogP contribution in [0.4, 0.5) is 17.1 Å². The Morgan fingerprint density at radius 3 is 1.35 bits per heavy atom. The van der Waals surface area contributed by atoms with E-state index in [1.807, 2.05) is 0 Å². The van der Waals surface area contributed by atoms with E-state index in [1.54, 1.807) is 0 Å². The van der Waals surface area contributed by atoms with E-state index in [-0.39, 0.29) is 0 Å². The summed E-state index contributed by atoms with van der Waals surface area (Å²) in [6.45, 7) is 0. The first kappa shape index (κ1) is 34.0. The highest BCUT2D eigenvalue weighted by molar-refractivity contribution is 6.01. The number of hydrogen-bond donors (Lipinski definition) is 0. The molecule has 0 saturated carbocycles. The summed E-state index contributed by atoms with van der Waals surface area (Å²) in [5.41, 5.74) is 15.3. The maximum atomic E-state index is 2.42. The highest BCUT2D eigenvalue weighted by atomic mass is 15.1. The monoisotopic (exact) mass is 725 g/mol. The maximum absolute atomic E-state index is 2.42. The van der Waals surface area contributed by atoms with Crippen LogP contribution in [0.15, 0.2) is 237 Å². The van der Waals surface area contributed by atoms with Crippen molar-refractivity contribution in [3.05, 3.63) is 237 Å². The molecule has 0 aliphatic rings. The Hall–Kier alpha value is -7.48. The Bertz CT molecular complexity index is 3000. The van der Waals surface area contributed by atoms with E-state index in [1.165, 1.54) is 71.6 Å². The molecule has 268 valence electrons. The smallest absolute Gasteiger partial charge is 0.0540 e. The molecule has 0 heterocycles. The summed E-state index contributed by atoms with van der Waals surface area (Å²) >= 11 is 0. The van der Waals surface area contributed by atoms with Crippen molar-refractivity contribution >= 4 is 38.6 Å². The SMILES string of the molecule is c1ccc(-c2ccccc2-c2ccccc2N(c2ccc(-c3ccccc3-c3cccc4ccccc34)cc2)c2cccc(-c3cccc4ccccc34)c2)cc1. The molecule has 0 aliphatic carbocycles. The first-order valence-electron chi connectivity index (χ1n) is 19.6. The van der Waals surface area contributed by atoms with Crippen LogP contribution in [0.2, 0.25) is 0 Å². The van der Waals surface area contributed by atoms with Crippen LogP contribution in [0.25, 0.3) is 77.2 Å². The molecule has 0 aliphatic heterocycles. The van der Waals surface area contributed by atoms with Gasteiger partial charge in [0, 0.05) is 16.9 Å². The number of benzene rings is 10. The normalized spacial score (nSPS) is 11.2. The fraction of sp³-hybridized carbons (Fsp3) is 0. The van der Waals surface area contributed by atoms with E-state index >= 15 is 0 Å². The highest BCUT2D eigenvalue weighted by Crippen LogP contribution is 2.45. The molecule has 0 saturated heterocycles. The molecule has 10 aromatic carbocycles. The lowest BCUT2D eigenvalue weighted by Crippen LogP contribution is -2.11. The zero-order valence-corrected chi connectivity index (χ0v) is 31.5. The fourth-order valence-electron chi connectivity index (χ4n) is 8.42. The zero-order chi connectivity index (χ0) is 38.0. The van der Waals surface area contributed by atoms with Crippen LogP contribution in [0.5, 0.6) is 0 Å². The molecule has 0 aromatic heterocycles. The van der Waals surface area contributed by atoms with Crippen LogP contribution in [0.3, 0.4) is 0 Å². The Morgan fingerprint density at radius 2 is 0.667 bits per heavy atom. The van der Waals surface area contributed by atoms with Crippen molar-refractivity contribution < 1.29 is 0 Å². The third kappa shape index (κ3) is 6.46. The highest BCUT2D eigenvalue weighted by Gasteiger charge is 2.20. The second-order valence-electron chi connectivity index (χ2n) is 14.5. The topological polar surface area (TPSA) is 3.24 Å². The number of nitrogens with zero attached hydrogens (tertiary/aromatic N) is 1. The van der Waals surface area contributed by atoms with E-state index < -0.39 is 0 Å². The lowest BCUT2D eigenvalue weighted by atomic mass is 9.91. The molecule has 0 bridgehead atoms. The average Bonchev–Trinajstić information content (AvgIpc) is 3.29. The molecule has 1 nitrogen and oxygen atoms in total. The number of rotatable bonds is 8. The van der Waals surface area contributed by atoms with E-state index in [0.717, 1.165) is 22.6 Å². The van der Waals surface area contributed by atoms with Crippen molar-refractivity contribution in [1.82, 2.24) is 0 Å². The van der Waals surface area contributed by atoms with Gasteiger partial charge >= 0.3 is 0 Å². The Morgan fingerprint density at radius 1 is 0.228 bits per heavy atom. The standard InChI is InChI=1S/C56H39N/c1-2-17-40(18-3-1)49-27-9-11-30-54(49)55-31-12-13-34-56(55)57(46-24-14-23-44(39-46)51-32-15-21-41-19-4-6-25-47(41)51)45-37-35-43(36-38-45)50-28-8-10-29-52(50)53-33-16-22-42-20-5-7-26-48(42)53/h1-39H. The molecule has 0 radical (unpaired) electrons. The largest absolute Gasteiger partial charge is 0.310 e. The van der Waals surface area contributed by atoms with Crippen LogP contribution < -0.4 is 4.90 Å². The van der Waals surface area contributed by atoms with Gasteiger partial charge in [-0.15, -0.1) is 0 Å². The van der Waals surface area contributed by atoms with Crippen molar-refractivity contribution in [2.45, 2.75) is 0 Å². The number of para-hydroxylation sites is 1. The lowest BCUT2D eigenvalue weighted by Gasteiger charge is -2.29. The number of fused-ring (bicyclic) bond motifs is 2. The van der Waals surface area contributed by atoms with E-state index in [0.29, 0.717) is 0 Å². The first-order chi connectivity index (χ1) is 28.3. The van der Waals surface area contributed by atoms with Crippen molar-refractivity contribution in [3.63, 3.8) is 0 Å². The van der Waals surface area contributed by atoms with Crippen molar-refractivity contribution in [3.8, 4) is 55.6 Å². The molecule has 0 amide bonds. The lowest BCUT2D eigenvalue weighted by molar-refractivity contribution is 1.28. The summed E-state index contributed by atoms with van der Waals surface area (Å²) in [7, 11) is 0. The zero-order valence-electron chi connectivity index (χ0n) is 31.5. The minimum atomic E-state index is 1.08. The molecule has 0 N–H and O–H groups in total. The number of hydrogen-bond acceptors (Lipinski definition) is 1. The minimum Gasteiger partial charge on any atom is -0.310 e. The van der Waals surface area contributed by atoms with Gasteiger partial charge in [-0.3, -0.25) is 0 Å². The van der Waals surface area contributed by atoms with Crippen LogP contribution in [-0.2, 0) is 0 Å². The second-order valence-corrected chi connectivity index (χ2v) is 14.5. The summed E-state index contributed by atoms with van der Waals surface area (Å²) in [5.74, 6) is 0. The molecule has 10 rings (SSSR count). The van der Waals surface area contributed by atoms with Gasteiger partial charge in [0.15, 0.2) is 0 Å². The summed E-state index contributed by atoms with van der Waals surface area (Å²) < 4.78 is 0. The Labute approximate surface area is 334 Å². The molecule has 10 aromatic rings. The Balaban J connectivity index is 1.14. The van der Waals surface area contributed by atoms with Crippen LogP contribution >= 0.6 is 0 Å². The van der Waals surface area contributed by atoms with Gasteiger partial charge in [0.2, 0.25) is 0 Å². The number of anilines is 3. The van der Waals surface area contributed by atoms with Crippen molar-refractivity contribution in [2.75, 3.05) is 4.90 Å². The predicted molar refractivity (Wildman–Crippen MR) is 243 cm³/mol. The third-order valence-corrected chi connectivity index (χ3v) is 11.1. The van der Waals surface area contributed by atoms with Crippen molar-refractivity contribution in [1.29, 1.82) is 0 Å². The minimum absolute atomic E-state index is 1.08. The fourth-order valence-corrected chi connectivity index (χ4v) is 8.42. The molecular formula is C56H39N. The van der Waals surface area contributed by atoms with E-state index in [2.05, 4.69) is 241 Å². The summed E-state index contributed by atoms with van der Waals surface area (Å²) in [6, 6.07) is 85.6.